The lowest BCUT2D eigenvalue weighted by Gasteiger charge is -2.39. The molecule has 0 unspecified atom stereocenters. The van der Waals surface area contributed by atoms with Crippen molar-refractivity contribution >= 4 is 5.91 Å². The second-order valence-electron chi connectivity index (χ2n) is 6.51. The van der Waals surface area contributed by atoms with Crippen LogP contribution in [0.4, 0.5) is 4.39 Å². The summed E-state index contributed by atoms with van der Waals surface area (Å²) in [6, 6.07) is 6.76. The van der Waals surface area contributed by atoms with E-state index in [1.165, 1.54) is 6.07 Å². The molecule has 1 aromatic rings. The molecule has 0 saturated carbocycles. The lowest BCUT2D eigenvalue weighted by Crippen LogP contribution is -2.56. The summed E-state index contributed by atoms with van der Waals surface area (Å²) in [5.74, 6) is 0.0562. The van der Waals surface area contributed by atoms with E-state index in [9.17, 15) is 9.18 Å². The number of nitrogens with zero attached hydrogens (tertiary/aromatic N) is 2. The van der Waals surface area contributed by atoms with E-state index in [1.54, 1.807) is 23.1 Å². The summed E-state index contributed by atoms with van der Waals surface area (Å²) in [6.07, 6.45) is 1.29. The second-order valence-corrected chi connectivity index (χ2v) is 6.51. The molecule has 1 aromatic carbocycles. The third-order valence-electron chi connectivity index (χ3n) is 4.78. The van der Waals surface area contributed by atoms with Crippen LogP contribution in [0.25, 0.3) is 0 Å². The van der Waals surface area contributed by atoms with Crippen LogP contribution in [0.2, 0.25) is 0 Å². The van der Waals surface area contributed by atoms with Gasteiger partial charge in [0.15, 0.2) is 11.6 Å². The number of halogens is 1. The van der Waals surface area contributed by atoms with Crippen LogP contribution in [0.5, 0.6) is 5.75 Å². The summed E-state index contributed by atoms with van der Waals surface area (Å²) in [6.45, 7) is 6.69. The van der Waals surface area contributed by atoms with Gasteiger partial charge in [0.05, 0.1) is 26.3 Å². The number of hydrogen-bond donors (Lipinski definition) is 0. The largest absolute Gasteiger partial charge is 0.484 e. The maximum absolute atomic E-state index is 13.5. The molecule has 1 amide bonds. The van der Waals surface area contributed by atoms with Gasteiger partial charge in [-0.3, -0.25) is 9.69 Å². The molecule has 6 heteroatoms. The van der Waals surface area contributed by atoms with Gasteiger partial charge in [-0.2, -0.15) is 0 Å². The Bertz CT molecular complexity index is 557. The Kier molecular flexibility index (Phi) is 5.68. The topological polar surface area (TPSA) is 42.0 Å². The quantitative estimate of drug-likeness (QED) is 0.796. The summed E-state index contributed by atoms with van der Waals surface area (Å²) in [5.41, 5.74) is 0. The number of amides is 1. The highest BCUT2D eigenvalue weighted by Crippen LogP contribution is 2.22. The van der Waals surface area contributed by atoms with Crippen LogP contribution >= 0.6 is 0 Å². The zero-order chi connectivity index (χ0) is 16.9. The van der Waals surface area contributed by atoms with Crippen LogP contribution < -0.4 is 4.74 Å². The molecule has 0 N–H and O–H groups in total. The third-order valence-corrected chi connectivity index (χ3v) is 4.78. The molecule has 1 atom stereocenters. The second kappa shape index (κ2) is 7.94. The van der Waals surface area contributed by atoms with Gasteiger partial charge in [0, 0.05) is 25.6 Å². The molecule has 2 aliphatic rings. The van der Waals surface area contributed by atoms with Gasteiger partial charge in [0.2, 0.25) is 5.91 Å². The molecule has 0 radical (unpaired) electrons. The smallest absolute Gasteiger partial charge is 0.222 e. The molecule has 0 aromatic heterocycles. The van der Waals surface area contributed by atoms with E-state index >= 15 is 0 Å². The predicted octanol–water partition coefficient (Wildman–Crippen LogP) is 1.92. The van der Waals surface area contributed by atoms with Crippen LogP contribution in [0.15, 0.2) is 24.3 Å². The minimum absolute atomic E-state index is 0.109. The molecule has 2 saturated heterocycles. The van der Waals surface area contributed by atoms with Crippen LogP contribution in [-0.2, 0) is 9.53 Å². The van der Waals surface area contributed by atoms with E-state index in [2.05, 4.69) is 11.8 Å². The van der Waals surface area contributed by atoms with E-state index in [1.807, 2.05) is 0 Å². The Labute approximate surface area is 142 Å². The van der Waals surface area contributed by atoms with E-state index < -0.39 is 0 Å². The summed E-state index contributed by atoms with van der Waals surface area (Å²) in [4.78, 5) is 16.4. The number of likely N-dealkylation sites (tertiary alicyclic amines) is 1. The average Bonchev–Trinajstić information content (AvgIpc) is 2.57. The number of ether oxygens (including phenoxy) is 2. The molecule has 24 heavy (non-hydrogen) atoms. The number of carbonyl (C=O) groups excluding carboxylic acids is 1. The standard InChI is InChI=1S/C18H25FN2O3/c1-14(20-8-10-23-11-9-20)6-7-18(22)21-12-15(13-21)24-17-5-3-2-4-16(17)19/h2-5,14-15H,6-13H2,1H3/t14-/m0/s1. The summed E-state index contributed by atoms with van der Waals surface area (Å²) in [7, 11) is 0. The minimum atomic E-state index is -0.360. The van der Waals surface area contributed by atoms with Gasteiger partial charge in [-0.15, -0.1) is 0 Å². The van der Waals surface area contributed by atoms with E-state index in [0.717, 1.165) is 32.7 Å². The van der Waals surface area contributed by atoms with Crippen molar-refractivity contribution in [3.63, 3.8) is 0 Å². The summed E-state index contributed by atoms with van der Waals surface area (Å²) >= 11 is 0. The summed E-state index contributed by atoms with van der Waals surface area (Å²) in [5, 5.41) is 0. The SMILES string of the molecule is C[C@@H](CCC(=O)N1CC(Oc2ccccc2F)C1)N1CCOCC1. The number of hydrogen-bond acceptors (Lipinski definition) is 4. The normalized spacial score (nSPS) is 20.5. The number of carbonyl (C=O) groups is 1. The van der Waals surface area contributed by atoms with Crippen LogP contribution in [0, 0.1) is 5.82 Å². The lowest BCUT2D eigenvalue weighted by molar-refractivity contribution is -0.140. The molecule has 0 bridgehead atoms. The number of morpholine rings is 1. The fourth-order valence-electron chi connectivity index (χ4n) is 3.13. The molecule has 2 fully saturated rings. The molecule has 3 rings (SSSR count). The maximum Gasteiger partial charge on any atom is 0.222 e. The Hall–Kier alpha value is -1.66. The van der Waals surface area contributed by atoms with Gasteiger partial charge in [0.25, 0.3) is 0 Å². The van der Waals surface area contributed by atoms with Gasteiger partial charge >= 0.3 is 0 Å². The van der Waals surface area contributed by atoms with Gasteiger partial charge in [-0.25, -0.2) is 4.39 Å². The van der Waals surface area contributed by atoms with Crippen molar-refractivity contribution < 1.29 is 18.7 Å². The number of rotatable bonds is 6. The highest BCUT2D eigenvalue weighted by Gasteiger charge is 2.32. The monoisotopic (exact) mass is 336 g/mol. The van der Waals surface area contributed by atoms with E-state index in [4.69, 9.17) is 9.47 Å². The molecule has 2 aliphatic heterocycles. The Morgan fingerprint density at radius 3 is 2.75 bits per heavy atom. The summed E-state index contributed by atoms with van der Waals surface area (Å²) < 4.78 is 24.5. The number of para-hydroxylation sites is 1. The lowest BCUT2D eigenvalue weighted by atomic mass is 10.1. The fraction of sp³-hybridized carbons (Fsp3) is 0.611. The third kappa shape index (κ3) is 4.24. The maximum atomic E-state index is 13.5. The zero-order valence-electron chi connectivity index (χ0n) is 14.1. The van der Waals surface area contributed by atoms with Crippen molar-refractivity contribution in [2.75, 3.05) is 39.4 Å². The molecule has 5 nitrogen and oxygen atoms in total. The average molecular weight is 336 g/mol. The van der Waals surface area contributed by atoms with Crippen LogP contribution in [0.1, 0.15) is 19.8 Å². The van der Waals surface area contributed by atoms with Crippen LogP contribution in [-0.4, -0.2) is 67.2 Å². The molecular weight excluding hydrogens is 311 g/mol. The van der Waals surface area contributed by atoms with Crippen molar-refractivity contribution in [1.82, 2.24) is 9.80 Å². The van der Waals surface area contributed by atoms with Gasteiger partial charge in [-0.1, -0.05) is 12.1 Å². The van der Waals surface area contributed by atoms with Gasteiger partial charge < -0.3 is 14.4 Å². The molecule has 2 heterocycles. The van der Waals surface area contributed by atoms with Crippen LogP contribution in [0.3, 0.4) is 0 Å². The first-order chi connectivity index (χ1) is 11.6. The predicted molar refractivity (Wildman–Crippen MR) is 88.5 cm³/mol. The highest BCUT2D eigenvalue weighted by atomic mass is 19.1. The zero-order valence-corrected chi connectivity index (χ0v) is 14.1. The minimum Gasteiger partial charge on any atom is -0.484 e. The van der Waals surface area contributed by atoms with Crippen molar-refractivity contribution in [1.29, 1.82) is 0 Å². The first-order valence-electron chi connectivity index (χ1n) is 8.64. The van der Waals surface area contributed by atoms with Crippen molar-refractivity contribution in [2.45, 2.75) is 31.9 Å². The van der Waals surface area contributed by atoms with E-state index in [0.29, 0.717) is 25.6 Å². The van der Waals surface area contributed by atoms with Gasteiger partial charge in [-0.05, 0) is 25.5 Å². The molecule has 132 valence electrons. The van der Waals surface area contributed by atoms with Crippen molar-refractivity contribution in [3.05, 3.63) is 30.1 Å². The van der Waals surface area contributed by atoms with Crippen molar-refractivity contribution in [3.8, 4) is 5.75 Å². The highest BCUT2D eigenvalue weighted by molar-refractivity contribution is 5.77. The van der Waals surface area contributed by atoms with E-state index in [-0.39, 0.29) is 23.6 Å². The van der Waals surface area contributed by atoms with Crippen molar-refractivity contribution in [2.24, 2.45) is 0 Å². The Balaban J connectivity index is 1.36. The molecule has 0 aliphatic carbocycles. The van der Waals surface area contributed by atoms with Gasteiger partial charge in [0.1, 0.15) is 6.10 Å². The Morgan fingerprint density at radius 2 is 2.04 bits per heavy atom. The first-order valence-corrected chi connectivity index (χ1v) is 8.64. The first kappa shape index (κ1) is 17.2. The number of benzene rings is 1. The fourth-order valence-corrected chi connectivity index (χ4v) is 3.13. The molecule has 0 spiro atoms. The molecular formula is C18H25FN2O3. The Morgan fingerprint density at radius 1 is 1.33 bits per heavy atom.